The van der Waals surface area contributed by atoms with Crippen LogP contribution in [0.3, 0.4) is 0 Å². The van der Waals surface area contributed by atoms with E-state index >= 15 is 0 Å². The summed E-state index contributed by atoms with van der Waals surface area (Å²) in [6.07, 6.45) is 3.54. The van der Waals surface area contributed by atoms with Crippen molar-refractivity contribution in [3.63, 3.8) is 0 Å². The Hall–Kier alpha value is -1.26. The highest BCUT2D eigenvalue weighted by atomic mass is 35.5. The van der Waals surface area contributed by atoms with Gasteiger partial charge in [-0.15, -0.1) is 12.4 Å². The summed E-state index contributed by atoms with van der Waals surface area (Å²) in [4.78, 5) is 11.6. The standard InChI is InChI=1S/C14H22N2O2.ClH/c1-18-10-4-2-3-9-16-14(17)11-12-5-7-13(15)8-6-12;/h5-8H,2-4,9-11,15H2,1H3,(H,16,17);1H. The zero-order valence-electron chi connectivity index (χ0n) is 11.4. The van der Waals surface area contributed by atoms with Gasteiger partial charge in [-0.05, 0) is 37.0 Å². The predicted molar refractivity (Wildman–Crippen MR) is 80.5 cm³/mol. The van der Waals surface area contributed by atoms with Gasteiger partial charge in [0, 0.05) is 25.9 Å². The van der Waals surface area contributed by atoms with Crippen molar-refractivity contribution in [2.75, 3.05) is 26.0 Å². The molecule has 0 aliphatic carbocycles. The number of benzene rings is 1. The topological polar surface area (TPSA) is 64.3 Å². The number of carbonyl (C=O) groups excluding carboxylic acids is 1. The SMILES string of the molecule is COCCCCCNC(=O)Cc1ccc(N)cc1.Cl. The van der Waals surface area contributed by atoms with Crippen LogP contribution in [0.4, 0.5) is 5.69 Å². The molecule has 5 heteroatoms. The normalized spacial score (nSPS) is 9.74. The van der Waals surface area contributed by atoms with Gasteiger partial charge >= 0.3 is 0 Å². The Labute approximate surface area is 121 Å². The summed E-state index contributed by atoms with van der Waals surface area (Å²) in [6, 6.07) is 7.39. The molecule has 108 valence electrons. The van der Waals surface area contributed by atoms with Crippen LogP contribution < -0.4 is 11.1 Å². The first kappa shape index (κ1) is 17.7. The molecule has 19 heavy (non-hydrogen) atoms. The van der Waals surface area contributed by atoms with Gasteiger partial charge in [0.25, 0.3) is 0 Å². The monoisotopic (exact) mass is 286 g/mol. The molecular weight excluding hydrogens is 264 g/mol. The van der Waals surface area contributed by atoms with Gasteiger partial charge in [0.1, 0.15) is 0 Å². The zero-order valence-corrected chi connectivity index (χ0v) is 12.2. The van der Waals surface area contributed by atoms with E-state index < -0.39 is 0 Å². The van der Waals surface area contributed by atoms with E-state index in [4.69, 9.17) is 10.5 Å². The van der Waals surface area contributed by atoms with Gasteiger partial charge in [-0.3, -0.25) is 4.79 Å². The highest BCUT2D eigenvalue weighted by Crippen LogP contribution is 2.05. The van der Waals surface area contributed by atoms with Crippen LogP contribution in [-0.4, -0.2) is 26.2 Å². The van der Waals surface area contributed by atoms with E-state index in [1.165, 1.54) is 0 Å². The second kappa shape index (κ2) is 10.6. The first-order valence-electron chi connectivity index (χ1n) is 6.32. The van der Waals surface area contributed by atoms with Gasteiger partial charge in [0.05, 0.1) is 6.42 Å². The van der Waals surface area contributed by atoms with Gasteiger partial charge < -0.3 is 15.8 Å². The van der Waals surface area contributed by atoms with E-state index in [0.29, 0.717) is 6.42 Å². The molecular formula is C14H23ClN2O2. The van der Waals surface area contributed by atoms with E-state index in [1.54, 1.807) is 7.11 Å². The lowest BCUT2D eigenvalue weighted by Gasteiger charge is -2.05. The number of halogens is 1. The number of nitrogens with two attached hydrogens (primary N) is 1. The number of amides is 1. The van der Waals surface area contributed by atoms with Gasteiger partial charge in [0.15, 0.2) is 0 Å². The molecule has 1 amide bonds. The first-order chi connectivity index (χ1) is 8.72. The van der Waals surface area contributed by atoms with Crippen LogP contribution in [-0.2, 0) is 16.0 Å². The van der Waals surface area contributed by atoms with Crippen molar-refractivity contribution < 1.29 is 9.53 Å². The van der Waals surface area contributed by atoms with Crippen LogP contribution in [0.2, 0.25) is 0 Å². The number of methoxy groups -OCH3 is 1. The molecule has 0 aliphatic rings. The Morgan fingerprint density at radius 1 is 1.21 bits per heavy atom. The van der Waals surface area contributed by atoms with Crippen molar-refractivity contribution in [3.8, 4) is 0 Å². The van der Waals surface area contributed by atoms with Crippen LogP contribution in [0.1, 0.15) is 24.8 Å². The van der Waals surface area contributed by atoms with Gasteiger partial charge in [-0.1, -0.05) is 12.1 Å². The highest BCUT2D eigenvalue weighted by Gasteiger charge is 2.02. The van der Waals surface area contributed by atoms with Crippen LogP contribution in [0.15, 0.2) is 24.3 Å². The average Bonchev–Trinajstić information content (AvgIpc) is 2.36. The van der Waals surface area contributed by atoms with Crippen molar-refractivity contribution in [2.45, 2.75) is 25.7 Å². The minimum atomic E-state index is 0. The molecule has 1 rings (SSSR count). The second-order valence-corrected chi connectivity index (χ2v) is 4.32. The highest BCUT2D eigenvalue weighted by molar-refractivity contribution is 5.85. The first-order valence-corrected chi connectivity index (χ1v) is 6.32. The van der Waals surface area contributed by atoms with Crippen molar-refractivity contribution in [1.29, 1.82) is 0 Å². The van der Waals surface area contributed by atoms with Crippen molar-refractivity contribution in [1.82, 2.24) is 5.32 Å². The number of hydrogen-bond donors (Lipinski definition) is 2. The van der Waals surface area contributed by atoms with E-state index in [9.17, 15) is 4.79 Å². The van der Waals surface area contributed by atoms with Crippen LogP contribution in [0.25, 0.3) is 0 Å². The molecule has 1 aromatic carbocycles. The Kier molecular flexibility index (Phi) is 9.94. The summed E-state index contributed by atoms with van der Waals surface area (Å²) in [6.45, 7) is 1.52. The lowest BCUT2D eigenvalue weighted by atomic mass is 10.1. The fourth-order valence-electron chi connectivity index (χ4n) is 1.66. The molecule has 1 aromatic rings. The summed E-state index contributed by atoms with van der Waals surface area (Å²) >= 11 is 0. The van der Waals surface area contributed by atoms with E-state index in [1.807, 2.05) is 24.3 Å². The van der Waals surface area contributed by atoms with Crippen molar-refractivity contribution in [2.24, 2.45) is 0 Å². The summed E-state index contributed by atoms with van der Waals surface area (Å²) in [5, 5.41) is 2.91. The number of unbranched alkanes of at least 4 members (excludes halogenated alkanes) is 2. The summed E-state index contributed by atoms with van der Waals surface area (Å²) in [5.74, 6) is 0.0616. The summed E-state index contributed by atoms with van der Waals surface area (Å²) in [5.41, 5.74) is 7.29. The Morgan fingerprint density at radius 2 is 1.89 bits per heavy atom. The fourth-order valence-corrected chi connectivity index (χ4v) is 1.66. The minimum absolute atomic E-state index is 0. The molecule has 3 N–H and O–H groups in total. The third kappa shape index (κ3) is 8.46. The molecule has 0 bridgehead atoms. The lowest BCUT2D eigenvalue weighted by molar-refractivity contribution is -0.120. The Bertz CT molecular complexity index is 355. The quantitative estimate of drug-likeness (QED) is 0.569. The zero-order chi connectivity index (χ0) is 13.2. The lowest BCUT2D eigenvalue weighted by Crippen LogP contribution is -2.26. The van der Waals surface area contributed by atoms with Crippen molar-refractivity contribution >= 4 is 24.0 Å². The molecule has 4 nitrogen and oxygen atoms in total. The molecule has 0 spiro atoms. The van der Waals surface area contributed by atoms with E-state index in [0.717, 1.165) is 43.7 Å². The smallest absolute Gasteiger partial charge is 0.224 e. The van der Waals surface area contributed by atoms with Crippen LogP contribution in [0, 0.1) is 0 Å². The molecule has 0 atom stereocenters. The summed E-state index contributed by atoms with van der Waals surface area (Å²) in [7, 11) is 1.70. The van der Waals surface area contributed by atoms with Crippen LogP contribution in [0.5, 0.6) is 0 Å². The molecule has 0 aromatic heterocycles. The fraction of sp³-hybridized carbons (Fsp3) is 0.500. The largest absolute Gasteiger partial charge is 0.399 e. The predicted octanol–water partition coefficient (Wildman–Crippen LogP) is 2.17. The Balaban J connectivity index is 0.00000324. The van der Waals surface area contributed by atoms with Crippen molar-refractivity contribution in [3.05, 3.63) is 29.8 Å². The number of rotatable bonds is 8. The molecule has 0 saturated carbocycles. The third-order valence-corrected chi connectivity index (χ3v) is 2.69. The third-order valence-electron chi connectivity index (χ3n) is 2.69. The van der Waals surface area contributed by atoms with Crippen LogP contribution >= 0.6 is 12.4 Å². The molecule has 0 saturated heterocycles. The number of ether oxygens (including phenoxy) is 1. The molecule has 0 heterocycles. The average molecular weight is 287 g/mol. The maximum atomic E-state index is 11.6. The van der Waals surface area contributed by atoms with Gasteiger partial charge in [0.2, 0.25) is 5.91 Å². The van der Waals surface area contributed by atoms with E-state index in [2.05, 4.69) is 5.32 Å². The number of nitrogens with one attached hydrogen (secondary N) is 1. The second-order valence-electron chi connectivity index (χ2n) is 4.32. The number of carbonyl (C=O) groups is 1. The number of nitrogen functional groups attached to an aromatic ring is 1. The summed E-state index contributed by atoms with van der Waals surface area (Å²) < 4.78 is 4.96. The van der Waals surface area contributed by atoms with E-state index in [-0.39, 0.29) is 18.3 Å². The Morgan fingerprint density at radius 3 is 2.53 bits per heavy atom. The molecule has 0 unspecified atom stereocenters. The molecule has 0 fully saturated rings. The maximum absolute atomic E-state index is 11.6. The molecule has 0 radical (unpaired) electrons. The maximum Gasteiger partial charge on any atom is 0.224 e. The number of hydrogen-bond acceptors (Lipinski definition) is 3. The minimum Gasteiger partial charge on any atom is -0.399 e. The van der Waals surface area contributed by atoms with Gasteiger partial charge in [-0.25, -0.2) is 0 Å². The molecule has 0 aliphatic heterocycles. The number of anilines is 1. The van der Waals surface area contributed by atoms with Gasteiger partial charge in [-0.2, -0.15) is 0 Å².